The van der Waals surface area contributed by atoms with Crippen LogP contribution in [0.15, 0.2) is 12.3 Å². The van der Waals surface area contributed by atoms with Crippen LogP contribution in [-0.4, -0.2) is 43.9 Å². The number of anilines is 1. The van der Waals surface area contributed by atoms with Crippen molar-refractivity contribution in [2.75, 3.05) is 32.2 Å². The van der Waals surface area contributed by atoms with Crippen LogP contribution in [0, 0.1) is 5.92 Å². The Bertz CT molecular complexity index is 492. The van der Waals surface area contributed by atoms with Crippen molar-refractivity contribution in [1.29, 1.82) is 0 Å². The van der Waals surface area contributed by atoms with E-state index in [0.29, 0.717) is 30.3 Å². The minimum absolute atomic E-state index is 0.0510. The zero-order valence-corrected chi connectivity index (χ0v) is 10.7. The highest BCUT2D eigenvalue weighted by Crippen LogP contribution is 2.34. The van der Waals surface area contributed by atoms with E-state index in [1.54, 1.807) is 12.3 Å². The van der Waals surface area contributed by atoms with E-state index in [1.165, 1.54) is 7.11 Å². The lowest BCUT2D eigenvalue weighted by Crippen LogP contribution is -2.38. The normalized spacial score (nSPS) is 25.1. The zero-order valence-electron chi connectivity index (χ0n) is 10.7. The van der Waals surface area contributed by atoms with E-state index in [0.717, 1.165) is 13.0 Å². The molecule has 0 bridgehead atoms. The summed E-state index contributed by atoms with van der Waals surface area (Å²) < 4.78 is 16.2. The Labute approximate surface area is 111 Å². The van der Waals surface area contributed by atoms with Crippen LogP contribution in [0.3, 0.4) is 0 Å². The predicted octanol–water partition coefficient (Wildman–Crippen LogP) is 1.08. The predicted molar refractivity (Wildman–Crippen MR) is 67.4 cm³/mol. The number of pyridine rings is 1. The van der Waals surface area contributed by atoms with Crippen LogP contribution in [-0.2, 0) is 9.47 Å². The van der Waals surface area contributed by atoms with Gasteiger partial charge >= 0.3 is 5.97 Å². The molecule has 102 valence electrons. The number of rotatable bonds is 1. The molecule has 0 aliphatic carbocycles. The molecule has 0 saturated carbocycles. The molecule has 2 aliphatic rings. The molecule has 3 heterocycles. The first-order chi connectivity index (χ1) is 9.29. The second-order valence-corrected chi connectivity index (χ2v) is 4.69. The topological polar surface area (TPSA) is 69.7 Å². The fourth-order valence-corrected chi connectivity index (χ4v) is 2.47. The van der Waals surface area contributed by atoms with Gasteiger partial charge < -0.3 is 19.5 Å². The molecule has 1 N–H and O–H groups in total. The van der Waals surface area contributed by atoms with Crippen molar-refractivity contribution < 1.29 is 19.0 Å². The van der Waals surface area contributed by atoms with E-state index in [9.17, 15) is 4.79 Å². The third-order valence-electron chi connectivity index (χ3n) is 3.52. The monoisotopic (exact) mass is 264 g/mol. The third-order valence-corrected chi connectivity index (χ3v) is 3.52. The van der Waals surface area contributed by atoms with Crippen molar-refractivity contribution in [2.24, 2.45) is 5.92 Å². The Morgan fingerprint density at radius 2 is 2.47 bits per heavy atom. The lowest BCUT2D eigenvalue weighted by Gasteiger charge is -2.29. The van der Waals surface area contributed by atoms with Crippen LogP contribution in [0.25, 0.3) is 0 Å². The Balaban J connectivity index is 1.96. The fraction of sp³-hybridized carbons (Fsp3) is 0.538. The van der Waals surface area contributed by atoms with Crippen LogP contribution in [0.4, 0.5) is 5.82 Å². The van der Waals surface area contributed by atoms with Crippen molar-refractivity contribution in [3.05, 3.63) is 17.8 Å². The van der Waals surface area contributed by atoms with Gasteiger partial charge in [0.2, 0.25) is 0 Å². The summed E-state index contributed by atoms with van der Waals surface area (Å²) in [5.74, 6) is 0.945. The van der Waals surface area contributed by atoms with Gasteiger partial charge in [-0.2, -0.15) is 0 Å². The SMILES string of the molecule is COC(=O)c1ccnc2c1OC1CCOCC1CN2. The molecule has 0 aromatic carbocycles. The van der Waals surface area contributed by atoms with Crippen molar-refractivity contribution in [3.8, 4) is 5.75 Å². The highest BCUT2D eigenvalue weighted by atomic mass is 16.5. The number of carbonyl (C=O) groups excluding carboxylic acids is 1. The number of nitrogens with zero attached hydrogens (tertiary/aromatic N) is 1. The standard InChI is InChI=1S/C13H16N2O4/c1-17-13(16)9-2-4-14-12-11(9)19-10-3-5-18-7-8(10)6-15-12/h2,4,8,10H,3,5-7H2,1H3,(H,14,15). The number of ether oxygens (including phenoxy) is 3. The molecule has 0 amide bonds. The van der Waals surface area contributed by atoms with Crippen LogP contribution in [0.2, 0.25) is 0 Å². The van der Waals surface area contributed by atoms with E-state index >= 15 is 0 Å². The molecule has 1 aromatic heterocycles. The van der Waals surface area contributed by atoms with Crippen molar-refractivity contribution in [2.45, 2.75) is 12.5 Å². The van der Waals surface area contributed by atoms with Gasteiger partial charge in [-0.15, -0.1) is 0 Å². The number of methoxy groups -OCH3 is 1. The van der Waals surface area contributed by atoms with Crippen molar-refractivity contribution in [1.82, 2.24) is 4.98 Å². The maximum Gasteiger partial charge on any atom is 0.341 e. The van der Waals surface area contributed by atoms with Gasteiger partial charge in [0.1, 0.15) is 11.7 Å². The molecular weight excluding hydrogens is 248 g/mol. The van der Waals surface area contributed by atoms with E-state index < -0.39 is 5.97 Å². The van der Waals surface area contributed by atoms with E-state index in [2.05, 4.69) is 10.3 Å². The van der Waals surface area contributed by atoms with Gasteiger partial charge in [-0.05, 0) is 6.07 Å². The summed E-state index contributed by atoms with van der Waals surface area (Å²) in [6.07, 6.45) is 2.45. The van der Waals surface area contributed by atoms with E-state index in [-0.39, 0.29) is 12.0 Å². The first kappa shape index (κ1) is 12.2. The molecule has 0 spiro atoms. The molecule has 2 aliphatic heterocycles. The first-order valence-electron chi connectivity index (χ1n) is 6.35. The third kappa shape index (κ3) is 2.23. The van der Waals surface area contributed by atoms with Gasteiger partial charge in [0.05, 0.1) is 20.3 Å². The number of carbonyl (C=O) groups is 1. The number of hydrogen-bond acceptors (Lipinski definition) is 6. The molecule has 3 rings (SSSR count). The van der Waals surface area contributed by atoms with Crippen LogP contribution >= 0.6 is 0 Å². The Kier molecular flexibility index (Phi) is 3.25. The lowest BCUT2D eigenvalue weighted by molar-refractivity contribution is -0.0162. The lowest BCUT2D eigenvalue weighted by atomic mass is 9.99. The molecule has 0 radical (unpaired) electrons. The summed E-state index contributed by atoms with van der Waals surface area (Å²) in [5.41, 5.74) is 0.409. The van der Waals surface area contributed by atoms with Crippen LogP contribution in [0.5, 0.6) is 5.75 Å². The number of fused-ring (bicyclic) bond motifs is 2. The number of esters is 1. The summed E-state index contributed by atoms with van der Waals surface area (Å²) in [6.45, 7) is 2.08. The maximum atomic E-state index is 11.8. The molecule has 2 atom stereocenters. The minimum Gasteiger partial charge on any atom is -0.485 e. The Hall–Kier alpha value is -1.82. The minimum atomic E-state index is -0.411. The summed E-state index contributed by atoms with van der Waals surface area (Å²) in [4.78, 5) is 16.0. The van der Waals surface area contributed by atoms with Crippen LogP contribution in [0.1, 0.15) is 16.8 Å². The Morgan fingerprint density at radius 1 is 1.58 bits per heavy atom. The van der Waals surface area contributed by atoms with E-state index in [4.69, 9.17) is 14.2 Å². The number of nitrogens with one attached hydrogen (secondary N) is 1. The maximum absolute atomic E-state index is 11.8. The average molecular weight is 264 g/mol. The number of aromatic nitrogens is 1. The zero-order chi connectivity index (χ0) is 13.2. The van der Waals surface area contributed by atoms with Gasteiger partial charge in [0.15, 0.2) is 11.6 Å². The van der Waals surface area contributed by atoms with Crippen molar-refractivity contribution in [3.63, 3.8) is 0 Å². The molecule has 2 unspecified atom stereocenters. The quantitative estimate of drug-likeness (QED) is 0.765. The summed E-state index contributed by atoms with van der Waals surface area (Å²) in [6, 6.07) is 1.62. The molecule has 1 saturated heterocycles. The van der Waals surface area contributed by atoms with Gasteiger partial charge in [0.25, 0.3) is 0 Å². The average Bonchev–Trinajstić information content (AvgIpc) is 2.65. The summed E-state index contributed by atoms with van der Waals surface area (Å²) in [7, 11) is 1.36. The van der Waals surface area contributed by atoms with E-state index in [1.807, 2.05) is 0 Å². The second-order valence-electron chi connectivity index (χ2n) is 4.69. The number of hydrogen-bond donors (Lipinski definition) is 1. The van der Waals surface area contributed by atoms with Gasteiger partial charge in [-0.25, -0.2) is 9.78 Å². The molecule has 1 fully saturated rings. The summed E-state index contributed by atoms with van der Waals surface area (Å²) >= 11 is 0. The summed E-state index contributed by atoms with van der Waals surface area (Å²) in [5, 5.41) is 3.22. The van der Waals surface area contributed by atoms with Gasteiger partial charge in [-0.1, -0.05) is 0 Å². The van der Waals surface area contributed by atoms with Gasteiger partial charge in [-0.3, -0.25) is 0 Å². The van der Waals surface area contributed by atoms with Gasteiger partial charge in [0, 0.05) is 25.1 Å². The molecule has 6 heteroatoms. The Morgan fingerprint density at radius 3 is 3.32 bits per heavy atom. The smallest absolute Gasteiger partial charge is 0.341 e. The molecule has 6 nitrogen and oxygen atoms in total. The highest BCUT2D eigenvalue weighted by molar-refractivity contribution is 5.94. The molecule has 19 heavy (non-hydrogen) atoms. The van der Waals surface area contributed by atoms with Crippen molar-refractivity contribution >= 4 is 11.8 Å². The molecular formula is C13H16N2O4. The fourth-order valence-electron chi connectivity index (χ4n) is 2.47. The second kappa shape index (κ2) is 5.05. The highest BCUT2D eigenvalue weighted by Gasteiger charge is 2.33. The largest absolute Gasteiger partial charge is 0.485 e. The first-order valence-corrected chi connectivity index (χ1v) is 6.35. The van der Waals surface area contributed by atoms with Crippen LogP contribution < -0.4 is 10.1 Å². The molecule has 1 aromatic rings.